The Morgan fingerprint density at radius 2 is 1.86 bits per heavy atom. The number of pyridine rings is 2. The maximum atomic E-state index is 11.8. The minimum Gasteiger partial charge on any atom is -0.368 e. The zero-order chi connectivity index (χ0) is 25.2. The molecule has 4 heterocycles. The minimum atomic E-state index is -0.493. The Bertz CT molecular complexity index is 1660. The highest BCUT2D eigenvalue weighted by atomic mass is 35.5. The summed E-state index contributed by atoms with van der Waals surface area (Å²) in [4.78, 5) is 36.7. The molecule has 0 bridgehead atoms. The van der Waals surface area contributed by atoms with Gasteiger partial charge >= 0.3 is 0 Å². The van der Waals surface area contributed by atoms with Crippen LogP contribution < -0.4 is 16.6 Å². The van der Waals surface area contributed by atoms with Crippen LogP contribution in [0.5, 0.6) is 0 Å². The van der Waals surface area contributed by atoms with Crippen molar-refractivity contribution < 1.29 is 4.79 Å². The molecule has 3 N–H and O–H groups in total. The van der Waals surface area contributed by atoms with Crippen molar-refractivity contribution in [2.45, 2.75) is 13.1 Å². The number of amides is 1. The number of carbonyl (C=O) groups excluding carboxylic acids is 1. The molecule has 0 aliphatic rings. The molecule has 0 saturated carbocycles. The first-order chi connectivity index (χ1) is 17.4. The third kappa shape index (κ3) is 4.93. The van der Waals surface area contributed by atoms with Gasteiger partial charge in [-0.2, -0.15) is 5.10 Å². The van der Waals surface area contributed by atoms with E-state index in [1.807, 2.05) is 24.3 Å². The molecule has 0 aliphatic heterocycles. The Balaban J connectivity index is 1.59. The molecule has 0 saturated heterocycles. The van der Waals surface area contributed by atoms with Crippen LogP contribution in [0.4, 0.5) is 5.82 Å². The van der Waals surface area contributed by atoms with Gasteiger partial charge in [-0.3, -0.25) is 19.3 Å². The molecule has 11 heteroatoms. The lowest BCUT2D eigenvalue weighted by molar-refractivity contribution is -0.118. The number of nitrogens with one attached hydrogen (secondary N) is 1. The highest BCUT2D eigenvalue weighted by molar-refractivity contribution is 6.30. The van der Waals surface area contributed by atoms with Gasteiger partial charge < -0.3 is 15.6 Å². The number of halogens is 1. The lowest BCUT2D eigenvalue weighted by Crippen LogP contribution is -2.18. The lowest BCUT2D eigenvalue weighted by atomic mass is 10.0. The predicted octanol–water partition coefficient (Wildman–Crippen LogP) is 3.00. The van der Waals surface area contributed by atoms with E-state index in [2.05, 4.69) is 15.4 Å². The largest absolute Gasteiger partial charge is 0.368 e. The number of hydrogen-bond donors (Lipinski definition) is 2. The molecule has 180 valence electrons. The fourth-order valence-electron chi connectivity index (χ4n) is 3.80. The van der Waals surface area contributed by atoms with Crippen LogP contribution in [0.25, 0.3) is 33.4 Å². The van der Waals surface area contributed by atoms with E-state index in [9.17, 15) is 9.59 Å². The molecule has 0 atom stereocenters. The van der Waals surface area contributed by atoms with Crippen LogP contribution in [0.1, 0.15) is 5.56 Å². The van der Waals surface area contributed by atoms with Gasteiger partial charge in [0, 0.05) is 49.8 Å². The molecule has 0 aliphatic carbocycles. The third-order valence-corrected chi connectivity index (χ3v) is 5.75. The zero-order valence-electron chi connectivity index (χ0n) is 19.2. The molecule has 0 fully saturated rings. The molecule has 1 aromatic carbocycles. The van der Waals surface area contributed by atoms with E-state index >= 15 is 0 Å². The Hall–Kier alpha value is -4.57. The molecule has 0 radical (unpaired) electrons. The highest BCUT2D eigenvalue weighted by Gasteiger charge is 2.13. The van der Waals surface area contributed by atoms with Crippen LogP contribution in [-0.4, -0.2) is 35.2 Å². The first-order valence-corrected chi connectivity index (χ1v) is 11.4. The average Bonchev–Trinajstić information content (AvgIpc) is 3.31. The predicted molar refractivity (Wildman–Crippen MR) is 137 cm³/mol. The Kier molecular flexibility index (Phi) is 6.17. The number of benzene rings is 1. The summed E-state index contributed by atoms with van der Waals surface area (Å²) in [5.74, 6) is 0.552. The molecule has 4 aromatic heterocycles. The van der Waals surface area contributed by atoms with Crippen LogP contribution in [0.2, 0.25) is 5.02 Å². The molecule has 10 nitrogen and oxygen atoms in total. The van der Waals surface area contributed by atoms with Crippen LogP contribution in [-0.2, 0) is 24.9 Å². The van der Waals surface area contributed by atoms with Crippen LogP contribution in [0.15, 0.2) is 72.2 Å². The van der Waals surface area contributed by atoms with E-state index < -0.39 is 5.91 Å². The van der Waals surface area contributed by atoms with E-state index in [0.717, 1.165) is 22.1 Å². The van der Waals surface area contributed by atoms with E-state index in [0.29, 0.717) is 34.3 Å². The van der Waals surface area contributed by atoms with Crippen molar-refractivity contribution in [1.82, 2.24) is 29.3 Å². The van der Waals surface area contributed by atoms with Gasteiger partial charge in [0.15, 0.2) is 5.82 Å². The molecule has 5 aromatic rings. The summed E-state index contributed by atoms with van der Waals surface area (Å²) in [6.07, 6.45) is 8.36. The topological polar surface area (TPSA) is 134 Å². The van der Waals surface area contributed by atoms with Gasteiger partial charge in [0.1, 0.15) is 12.4 Å². The minimum absolute atomic E-state index is 0.0383. The van der Waals surface area contributed by atoms with Crippen molar-refractivity contribution in [2.24, 2.45) is 12.8 Å². The van der Waals surface area contributed by atoms with E-state index in [4.69, 9.17) is 27.3 Å². The smallest absolute Gasteiger partial charge is 0.250 e. The van der Waals surface area contributed by atoms with Gasteiger partial charge in [-0.05, 0) is 41.0 Å². The molecular formula is C25H21ClN8O2. The second-order valence-corrected chi connectivity index (χ2v) is 8.69. The monoisotopic (exact) mass is 500 g/mol. The summed E-state index contributed by atoms with van der Waals surface area (Å²) < 4.78 is 2.98. The van der Waals surface area contributed by atoms with Gasteiger partial charge in [0.2, 0.25) is 11.5 Å². The SMILES string of the molecule is Cn1cc(-c2ccc3nc(-c4cnn(CC(N)=O)c4)nc(NCc4cncc(Cl)c4)c3c2)ccc1=O. The average molecular weight is 501 g/mol. The second-order valence-electron chi connectivity index (χ2n) is 8.25. The highest BCUT2D eigenvalue weighted by Crippen LogP contribution is 2.29. The zero-order valence-corrected chi connectivity index (χ0v) is 20.0. The van der Waals surface area contributed by atoms with Gasteiger partial charge in [0.05, 0.1) is 22.3 Å². The van der Waals surface area contributed by atoms with Gasteiger partial charge in [-0.25, -0.2) is 9.97 Å². The first kappa shape index (κ1) is 23.2. The molecule has 0 spiro atoms. The van der Waals surface area contributed by atoms with Crippen molar-refractivity contribution in [3.63, 3.8) is 0 Å². The fourth-order valence-corrected chi connectivity index (χ4v) is 4.00. The van der Waals surface area contributed by atoms with Crippen molar-refractivity contribution in [1.29, 1.82) is 0 Å². The maximum Gasteiger partial charge on any atom is 0.250 e. The summed E-state index contributed by atoms with van der Waals surface area (Å²) in [6, 6.07) is 11.0. The lowest BCUT2D eigenvalue weighted by Gasteiger charge is -2.12. The van der Waals surface area contributed by atoms with Crippen LogP contribution >= 0.6 is 11.6 Å². The number of aryl methyl sites for hydroxylation is 1. The fraction of sp³-hybridized carbons (Fsp3) is 0.120. The van der Waals surface area contributed by atoms with Gasteiger partial charge in [0.25, 0.3) is 0 Å². The molecule has 5 rings (SSSR count). The quantitative estimate of drug-likeness (QED) is 0.351. The van der Waals surface area contributed by atoms with E-state index in [1.165, 1.54) is 15.3 Å². The van der Waals surface area contributed by atoms with Gasteiger partial charge in [-0.15, -0.1) is 0 Å². The number of aromatic nitrogens is 6. The van der Waals surface area contributed by atoms with Crippen molar-refractivity contribution in [2.75, 3.05) is 5.32 Å². The van der Waals surface area contributed by atoms with Gasteiger partial charge in [-0.1, -0.05) is 17.7 Å². The molecule has 36 heavy (non-hydrogen) atoms. The van der Waals surface area contributed by atoms with Crippen molar-refractivity contribution in [3.8, 4) is 22.5 Å². The van der Waals surface area contributed by atoms with E-state index in [1.54, 1.807) is 44.1 Å². The number of anilines is 1. The standard InChI is InChI=1S/C25H21ClN8O2/c1-33-12-17(3-5-23(33)36)16-2-4-21-20(7-16)25(29-9-15-6-19(26)11-28-8-15)32-24(31-21)18-10-30-34(13-18)14-22(27)35/h2-8,10-13H,9,14H2,1H3,(H2,27,35)(H,29,31,32). The second kappa shape index (κ2) is 9.59. The summed E-state index contributed by atoms with van der Waals surface area (Å²) in [7, 11) is 1.71. The van der Waals surface area contributed by atoms with E-state index in [-0.39, 0.29) is 12.1 Å². The Morgan fingerprint density at radius 1 is 1.03 bits per heavy atom. The normalized spacial score (nSPS) is 11.1. The third-order valence-electron chi connectivity index (χ3n) is 5.55. The maximum absolute atomic E-state index is 11.8. The number of rotatable bonds is 7. The number of carbonyl (C=O) groups is 1. The summed E-state index contributed by atoms with van der Waals surface area (Å²) >= 11 is 6.10. The summed E-state index contributed by atoms with van der Waals surface area (Å²) in [6.45, 7) is 0.396. The number of hydrogen-bond acceptors (Lipinski definition) is 7. The summed E-state index contributed by atoms with van der Waals surface area (Å²) in [5.41, 5.74) is 9.25. The molecule has 1 amide bonds. The summed E-state index contributed by atoms with van der Waals surface area (Å²) in [5, 5.41) is 8.89. The Labute approximate surface area is 210 Å². The van der Waals surface area contributed by atoms with Crippen molar-refractivity contribution >= 4 is 34.2 Å². The Morgan fingerprint density at radius 3 is 2.64 bits per heavy atom. The van der Waals surface area contributed by atoms with Crippen LogP contribution in [0, 0.1) is 0 Å². The first-order valence-electron chi connectivity index (χ1n) is 11.0. The number of primary amides is 1. The molecule has 0 unspecified atom stereocenters. The number of nitrogens with two attached hydrogens (primary N) is 1. The number of nitrogens with zero attached hydrogens (tertiary/aromatic N) is 6. The van der Waals surface area contributed by atoms with Crippen molar-refractivity contribution in [3.05, 3.63) is 88.3 Å². The van der Waals surface area contributed by atoms with Crippen LogP contribution in [0.3, 0.4) is 0 Å². The molecular weight excluding hydrogens is 480 g/mol. The number of fused-ring (bicyclic) bond motifs is 1.